The zero-order chi connectivity index (χ0) is 24.3. The van der Waals surface area contributed by atoms with Crippen LogP contribution in [0.1, 0.15) is 34.6 Å². The molecule has 0 bridgehead atoms. The van der Waals surface area contributed by atoms with Gasteiger partial charge in [0.25, 0.3) is 11.5 Å². The summed E-state index contributed by atoms with van der Waals surface area (Å²) in [6, 6.07) is 11.4. The molecule has 34 heavy (non-hydrogen) atoms. The van der Waals surface area contributed by atoms with E-state index < -0.39 is 17.6 Å². The van der Waals surface area contributed by atoms with Gasteiger partial charge < -0.3 is 14.8 Å². The summed E-state index contributed by atoms with van der Waals surface area (Å²) in [7, 11) is 0. The lowest BCUT2D eigenvalue weighted by atomic mass is 10.1. The fourth-order valence-corrected chi connectivity index (χ4v) is 3.99. The van der Waals surface area contributed by atoms with Crippen LogP contribution in [0.5, 0.6) is 0 Å². The SMILES string of the molecule is O=C(CCCc1nc2ccccc2c(=O)[nH]1)N1CCN(C(=O)c2cccc(C(F)(F)F)c2)CC1. The molecule has 0 atom stereocenters. The number of rotatable bonds is 5. The minimum Gasteiger partial charge on any atom is -0.339 e. The molecule has 0 unspecified atom stereocenters. The average Bonchev–Trinajstić information content (AvgIpc) is 2.83. The van der Waals surface area contributed by atoms with Crippen molar-refractivity contribution in [3.05, 3.63) is 75.8 Å². The fourth-order valence-electron chi connectivity index (χ4n) is 3.99. The molecule has 0 spiro atoms. The number of carbonyl (C=O) groups is 2. The Morgan fingerprint density at radius 3 is 2.41 bits per heavy atom. The third-order valence-corrected chi connectivity index (χ3v) is 5.82. The number of aromatic amines is 1. The van der Waals surface area contributed by atoms with Gasteiger partial charge in [0.2, 0.25) is 5.91 Å². The average molecular weight is 472 g/mol. The predicted octanol–water partition coefficient (Wildman–Crippen LogP) is 3.25. The number of H-pyrrole nitrogens is 1. The first-order valence-electron chi connectivity index (χ1n) is 10.9. The standard InChI is InChI=1S/C24H23F3N4O3/c25-24(26,27)17-6-3-5-16(15-17)23(34)31-13-11-30(12-14-31)21(32)10-4-9-20-28-19-8-2-1-7-18(19)22(33)29-20/h1-3,5-8,15H,4,9-14H2,(H,28,29,33). The van der Waals surface area contributed by atoms with Crippen molar-refractivity contribution in [2.45, 2.75) is 25.4 Å². The number of nitrogens with one attached hydrogen (secondary N) is 1. The van der Waals surface area contributed by atoms with Crippen LogP contribution in [0.15, 0.2) is 53.3 Å². The van der Waals surface area contributed by atoms with Gasteiger partial charge in [0.1, 0.15) is 5.82 Å². The van der Waals surface area contributed by atoms with E-state index in [4.69, 9.17) is 0 Å². The van der Waals surface area contributed by atoms with Crippen LogP contribution in [0.25, 0.3) is 10.9 Å². The largest absolute Gasteiger partial charge is 0.416 e. The Bertz CT molecular complexity index is 1260. The van der Waals surface area contributed by atoms with E-state index in [0.717, 1.165) is 12.1 Å². The molecule has 1 aliphatic heterocycles. The summed E-state index contributed by atoms with van der Waals surface area (Å²) in [5, 5.41) is 0.514. The number of hydrogen-bond acceptors (Lipinski definition) is 4. The second kappa shape index (κ2) is 9.66. The monoisotopic (exact) mass is 472 g/mol. The Labute approximate surface area is 193 Å². The van der Waals surface area contributed by atoms with Crippen molar-refractivity contribution in [2.24, 2.45) is 0 Å². The highest BCUT2D eigenvalue weighted by atomic mass is 19.4. The van der Waals surface area contributed by atoms with E-state index in [1.54, 1.807) is 29.2 Å². The molecule has 4 rings (SSSR count). The summed E-state index contributed by atoms with van der Waals surface area (Å²) in [5.74, 6) is -0.0353. The molecule has 2 aromatic carbocycles. The highest BCUT2D eigenvalue weighted by Gasteiger charge is 2.32. The zero-order valence-corrected chi connectivity index (χ0v) is 18.3. The molecule has 0 radical (unpaired) electrons. The van der Waals surface area contributed by atoms with Crippen LogP contribution < -0.4 is 5.56 Å². The summed E-state index contributed by atoms with van der Waals surface area (Å²) < 4.78 is 38.8. The smallest absolute Gasteiger partial charge is 0.339 e. The molecule has 178 valence electrons. The maximum atomic E-state index is 12.9. The molecule has 2 amide bonds. The van der Waals surface area contributed by atoms with E-state index in [9.17, 15) is 27.6 Å². The van der Waals surface area contributed by atoms with E-state index in [1.807, 2.05) is 0 Å². The van der Waals surface area contributed by atoms with Crippen molar-refractivity contribution in [1.29, 1.82) is 0 Å². The molecule has 1 aromatic heterocycles. The highest BCUT2D eigenvalue weighted by molar-refractivity contribution is 5.94. The third kappa shape index (κ3) is 5.27. The van der Waals surface area contributed by atoms with E-state index in [0.29, 0.717) is 42.7 Å². The van der Waals surface area contributed by atoms with Crippen molar-refractivity contribution in [3.63, 3.8) is 0 Å². The Balaban J connectivity index is 1.28. The van der Waals surface area contributed by atoms with Crippen LogP contribution in [0.4, 0.5) is 13.2 Å². The van der Waals surface area contributed by atoms with Gasteiger partial charge >= 0.3 is 6.18 Å². The van der Waals surface area contributed by atoms with Crippen molar-refractivity contribution < 1.29 is 22.8 Å². The van der Waals surface area contributed by atoms with Gasteiger partial charge in [0.05, 0.1) is 16.5 Å². The lowest BCUT2D eigenvalue weighted by molar-refractivity contribution is -0.137. The quantitative estimate of drug-likeness (QED) is 0.618. The number of alkyl halides is 3. The molecule has 1 aliphatic rings. The Kier molecular flexibility index (Phi) is 6.67. The molecule has 3 aromatic rings. The number of aryl methyl sites for hydroxylation is 1. The number of hydrogen-bond donors (Lipinski definition) is 1. The molecule has 1 N–H and O–H groups in total. The summed E-state index contributed by atoms with van der Waals surface area (Å²) >= 11 is 0. The van der Waals surface area contributed by atoms with Gasteiger partial charge in [0.15, 0.2) is 0 Å². The normalized spacial score (nSPS) is 14.4. The lowest BCUT2D eigenvalue weighted by Crippen LogP contribution is -2.50. The van der Waals surface area contributed by atoms with Gasteiger partial charge in [-0.3, -0.25) is 14.4 Å². The highest BCUT2D eigenvalue weighted by Crippen LogP contribution is 2.29. The molecule has 10 heteroatoms. The summed E-state index contributed by atoms with van der Waals surface area (Å²) in [5.41, 5.74) is -0.497. The summed E-state index contributed by atoms with van der Waals surface area (Å²) in [6.45, 7) is 1.13. The number of nitrogens with zero attached hydrogens (tertiary/aromatic N) is 3. The molecule has 7 nitrogen and oxygen atoms in total. The van der Waals surface area contributed by atoms with Crippen LogP contribution in [0.2, 0.25) is 0 Å². The van der Waals surface area contributed by atoms with Crippen LogP contribution in [-0.4, -0.2) is 57.8 Å². The van der Waals surface area contributed by atoms with Crippen LogP contribution in [0, 0.1) is 0 Å². The number of para-hydroxylation sites is 1. The van der Waals surface area contributed by atoms with Gasteiger partial charge in [-0.2, -0.15) is 13.2 Å². The van der Waals surface area contributed by atoms with E-state index in [2.05, 4.69) is 9.97 Å². The number of piperazine rings is 1. The third-order valence-electron chi connectivity index (χ3n) is 5.82. The molecule has 1 fully saturated rings. The number of carbonyl (C=O) groups excluding carboxylic acids is 2. The number of fused-ring (bicyclic) bond motifs is 1. The second-order valence-corrected chi connectivity index (χ2v) is 8.13. The minimum atomic E-state index is -4.52. The Morgan fingerprint density at radius 2 is 1.68 bits per heavy atom. The fraction of sp³-hybridized carbons (Fsp3) is 0.333. The predicted molar refractivity (Wildman–Crippen MR) is 119 cm³/mol. The van der Waals surface area contributed by atoms with Gasteiger partial charge in [0, 0.05) is 44.6 Å². The lowest BCUT2D eigenvalue weighted by Gasteiger charge is -2.35. The van der Waals surface area contributed by atoms with Crippen LogP contribution >= 0.6 is 0 Å². The van der Waals surface area contributed by atoms with Crippen LogP contribution in [-0.2, 0) is 17.4 Å². The van der Waals surface area contributed by atoms with Crippen LogP contribution in [0.3, 0.4) is 0 Å². The van der Waals surface area contributed by atoms with Gasteiger partial charge in [-0.15, -0.1) is 0 Å². The van der Waals surface area contributed by atoms with Gasteiger partial charge in [-0.05, 0) is 36.8 Å². The van der Waals surface area contributed by atoms with Gasteiger partial charge in [-0.25, -0.2) is 4.98 Å². The maximum Gasteiger partial charge on any atom is 0.416 e. The first-order valence-corrected chi connectivity index (χ1v) is 10.9. The Hall–Kier alpha value is -3.69. The van der Waals surface area contributed by atoms with Crippen molar-refractivity contribution in [3.8, 4) is 0 Å². The first-order chi connectivity index (χ1) is 16.2. The number of benzene rings is 2. The van der Waals surface area contributed by atoms with Gasteiger partial charge in [-0.1, -0.05) is 18.2 Å². The molecule has 2 heterocycles. The van der Waals surface area contributed by atoms with E-state index in [1.165, 1.54) is 17.0 Å². The molecular weight excluding hydrogens is 449 g/mol. The number of aromatic nitrogens is 2. The second-order valence-electron chi connectivity index (χ2n) is 8.13. The van der Waals surface area contributed by atoms with Crippen molar-refractivity contribution >= 4 is 22.7 Å². The summed E-state index contributed by atoms with van der Waals surface area (Å²) in [4.78, 5) is 47.6. The zero-order valence-electron chi connectivity index (χ0n) is 18.3. The topological polar surface area (TPSA) is 86.4 Å². The van der Waals surface area contributed by atoms with E-state index in [-0.39, 0.29) is 36.5 Å². The first kappa shape index (κ1) is 23.5. The number of amides is 2. The van der Waals surface area contributed by atoms with Crippen molar-refractivity contribution in [1.82, 2.24) is 19.8 Å². The van der Waals surface area contributed by atoms with E-state index >= 15 is 0 Å². The molecule has 0 saturated carbocycles. The Morgan fingerprint density at radius 1 is 0.971 bits per heavy atom. The molecular formula is C24H23F3N4O3. The maximum absolute atomic E-state index is 12.9. The molecule has 0 aliphatic carbocycles. The van der Waals surface area contributed by atoms with Crippen molar-refractivity contribution in [2.75, 3.05) is 26.2 Å². The molecule has 1 saturated heterocycles. The number of halogens is 3. The minimum absolute atomic E-state index is 0.0218. The summed E-state index contributed by atoms with van der Waals surface area (Å²) in [6.07, 6.45) is -3.31.